The second kappa shape index (κ2) is 7.65. The van der Waals surface area contributed by atoms with Crippen molar-refractivity contribution >= 4 is 17.1 Å². The van der Waals surface area contributed by atoms with Crippen molar-refractivity contribution in [1.29, 1.82) is 0 Å². The summed E-state index contributed by atoms with van der Waals surface area (Å²) in [6.07, 6.45) is 4.00. The van der Waals surface area contributed by atoms with Gasteiger partial charge in [-0.25, -0.2) is 4.79 Å². The topological polar surface area (TPSA) is 46.5 Å². The van der Waals surface area contributed by atoms with Crippen molar-refractivity contribution in [1.82, 2.24) is 0 Å². The molecule has 142 valence electrons. The van der Waals surface area contributed by atoms with Gasteiger partial charge in [-0.1, -0.05) is 40.7 Å². The number of aliphatic carboxylic acids is 1. The number of rotatable bonds is 6. The molecule has 0 saturated carbocycles. The van der Waals surface area contributed by atoms with Crippen molar-refractivity contribution < 1.29 is 19.0 Å². The van der Waals surface area contributed by atoms with E-state index in [-0.39, 0.29) is 11.0 Å². The molecule has 0 heterocycles. The number of carboxylic acids is 1. The van der Waals surface area contributed by atoms with Crippen LogP contribution in [-0.4, -0.2) is 17.7 Å². The maximum Gasteiger partial charge on any atom is 0.365 e. The van der Waals surface area contributed by atoms with Gasteiger partial charge in [0.1, 0.15) is 5.75 Å². The average molecular weight is 360 g/mol. The van der Waals surface area contributed by atoms with E-state index in [0.717, 1.165) is 18.4 Å². The third-order valence-corrected chi connectivity index (χ3v) is 5.00. The third kappa shape index (κ3) is 3.84. The van der Waals surface area contributed by atoms with Crippen molar-refractivity contribution in [3.63, 3.8) is 0 Å². The number of halogens is 1. The van der Waals surface area contributed by atoms with Crippen LogP contribution >= 0.6 is 0 Å². The molecular formula is C22H29FO3. The van der Waals surface area contributed by atoms with Gasteiger partial charge in [-0.2, -0.15) is 4.39 Å². The Morgan fingerprint density at radius 3 is 2.54 bits per heavy atom. The lowest BCUT2D eigenvalue weighted by molar-refractivity contribution is -0.134. The second-order valence-electron chi connectivity index (χ2n) is 7.89. The van der Waals surface area contributed by atoms with Crippen LogP contribution in [-0.2, 0) is 10.2 Å². The predicted octanol–water partition coefficient (Wildman–Crippen LogP) is 5.98. The molecule has 0 atom stereocenters. The fraction of sp³-hybridized carbons (Fsp3) is 0.500. The first-order chi connectivity index (χ1) is 12.1. The Labute approximate surface area is 155 Å². The molecule has 0 amide bonds. The van der Waals surface area contributed by atoms with E-state index in [1.54, 1.807) is 0 Å². The van der Waals surface area contributed by atoms with E-state index in [4.69, 9.17) is 9.84 Å². The van der Waals surface area contributed by atoms with Gasteiger partial charge >= 0.3 is 5.97 Å². The summed E-state index contributed by atoms with van der Waals surface area (Å²) in [4.78, 5) is 11.1. The molecule has 1 aromatic carbocycles. The van der Waals surface area contributed by atoms with E-state index in [0.29, 0.717) is 23.8 Å². The van der Waals surface area contributed by atoms with E-state index in [1.807, 2.05) is 19.1 Å². The number of hydrogen-bond acceptors (Lipinski definition) is 2. The van der Waals surface area contributed by atoms with Crippen molar-refractivity contribution in [2.75, 3.05) is 6.61 Å². The first kappa shape index (κ1) is 20.2. The van der Waals surface area contributed by atoms with Crippen LogP contribution in [0.2, 0.25) is 0 Å². The summed E-state index contributed by atoms with van der Waals surface area (Å²) in [5.41, 5.74) is 4.00. The molecule has 4 heteroatoms. The molecule has 0 aromatic heterocycles. The van der Waals surface area contributed by atoms with Crippen molar-refractivity contribution in [2.45, 2.75) is 59.8 Å². The zero-order valence-corrected chi connectivity index (χ0v) is 16.6. The van der Waals surface area contributed by atoms with Gasteiger partial charge in [0.15, 0.2) is 0 Å². The van der Waals surface area contributed by atoms with Crippen LogP contribution in [0.3, 0.4) is 0 Å². The van der Waals surface area contributed by atoms with Gasteiger partial charge < -0.3 is 9.84 Å². The fourth-order valence-corrected chi connectivity index (χ4v) is 3.41. The first-order valence-corrected chi connectivity index (χ1v) is 9.22. The van der Waals surface area contributed by atoms with E-state index < -0.39 is 11.8 Å². The van der Waals surface area contributed by atoms with Gasteiger partial charge in [0.05, 0.1) is 6.61 Å². The van der Waals surface area contributed by atoms with E-state index in [2.05, 4.69) is 33.8 Å². The maximum atomic E-state index is 14.2. The fourth-order valence-electron chi connectivity index (χ4n) is 3.41. The number of fused-ring (bicyclic) bond motifs is 1. The van der Waals surface area contributed by atoms with Gasteiger partial charge in [0.25, 0.3) is 0 Å². The number of carbonyl (C=O) groups is 1. The largest absolute Gasteiger partial charge is 0.493 e. The summed E-state index contributed by atoms with van der Waals surface area (Å²) in [5, 5.41) is 9.06. The molecule has 1 aliphatic carbocycles. The quantitative estimate of drug-likeness (QED) is 0.635. The summed E-state index contributed by atoms with van der Waals surface area (Å²) in [6.45, 7) is 12.6. The van der Waals surface area contributed by atoms with Crippen LogP contribution in [0.5, 0.6) is 5.75 Å². The highest BCUT2D eigenvalue weighted by Crippen LogP contribution is 2.45. The van der Waals surface area contributed by atoms with E-state index >= 15 is 0 Å². The van der Waals surface area contributed by atoms with Crippen LogP contribution < -0.4 is 4.74 Å². The minimum atomic E-state index is -1.55. The number of carboxylic acid groups (broad SMARTS) is 1. The lowest BCUT2D eigenvalue weighted by Crippen LogP contribution is -2.23. The molecule has 26 heavy (non-hydrogen) atoms. The highest BCUT2D eigenvalue weighted by Gasteiger charge is 2.31. The number of allylic oxidation sites excluding steroid dienone is 3. The predicted molar refractivity (Wildman–Crippen MR) is 104 cm³/mol. The molecule has 0 aliphatic heterocycles. The molecule has 1 aliphatic rings. The molecular weight excluding hydrogens is 331 g/mol. The minimum absolute atomic E-state index is 0.0560. The van der Waals surface area contributed by atoms with Gasteiger partial charge in [-0.15, -0.1) is 0 Å². The van der Waals surface area contributed by atoms with Gasteiger partial charge in [0, 0.05) is 11.1 Å². The lowest BCUT2D eigenvalue weighted by Gasteiger charge is -2.34. The number of hydrogen-bond donors (Lipinski definition) is 1. The Bertz CT molecular complexity index is 770. The van der Waals surface area contributed by atoms with Crippen molar-refractivity contribution in [3.8, 4) is 5.75 Å². The van der Waals surface area contributed by atoms with Crippen LogP contribution in [0.1, 0.15) is 71.1 Å². The molecule has 1 aromatic rings. The lowest BCUT2D eigenvalue weighted by atomic mass is 9.70. The Morgan fingerprint density at radius 1 is 1.35 bits per heavy atom. The van der Waals surface area contributed by atoms with Gasteiger partial charge in [-0.3, -0.25) is 0 Å². The Balaban J connectivity index is 2.76. The Morgan fingerprint density at radius 2 is 2.00 bits per heavy atom. The molecule has 1 N–H and O–H groups in total. The highest BCUT2D eigenvalue weighted by atomic mass is 19.1. The number of benzene rings is 1. The summed E-state index contributed by atoms with van der Waals surface area (Å²) >= 11 is 0. The maximum absolute atomic E-state index is 14.2. The number of ether oxygens (including phenoxy) is 1. The average Bonchev–Trinajstić information content (AvgIpc) is 2.57. The minimum Gasteiger partial charge on any atom is -0.493 e. The molecule has 0 saturated heterocycles. The zero-order chi connectivity index (χ0) is 19.6. The van der Waals surface area contributed by atoms with Crippen LogP contribution in [0.15, 0.2) is 24.0 Å². The van der Waals surface area contributed by atoms with E-state index in [9.17, 15) is 9.18 Å². The Hall–Kier alpha value is -2.10. The van der Waals surface area contributed by atoms with Gasteiger partial charge in [0.2, 0.25) is 5.83 Å². The molecule has 3 nitrogen and oxygen atoms in total. The molecule has 0 radical (unpaired) electrons. The smallest absolute Gasteiger partial charge is 0.365 e. The molecule has 0 spiro atoms. The molecule has 0 unspecified atom stereocenters. The summed E-state index contributed by atoms with van der Waals surface area (Å²) in [6, 6.07) is 3.89. The normalized spacial score (nSPS) is 16.7. The van der Waals surface area contributed by atoms with Crippen molar-refractivity contribution in [2.24, 2.45) is 5.92 Å². The zero-order valence-electron chi connectivity index (χ0n) is 16.6. The second-order valence-corrected chi connectivity index (χ2v) is 7.89. The Kier molecular flexibility index (Phi) is 5.94. The first-order valence-electron chi connectivity index (χ1n) is 9.22. The van der Waals surface area contributed by atoms with E-state index in [1.165, 1.54) is 18.1 Å². The van der Waals surface area contributed by atoms with Crippen molar-refractivity contribution in [3.05, 3.63) is 40.7 Å². The monoisotopic (exact) mass is 360 g/mol. The van der Waals surface area contributed by atoms with Gasteiger partial charge in [-0.05, 0) is 59.9 Å². The molecule has 2 rings (SSSR count). The SMILES string of the molecule is CCCOc1cc2c(cc1/C(C)=C(/F)C(=O)O)C(C(C)C)=CCC2(C)C. The summed E-state index contributed by atoms with van der Waals surface area (Å²) in [7, 11) is 0. The van der Waals surface area contributed by atoms with Crippen LogP contribution in [0.4, 0.5) is 4.39 Å². The third-order valence-electron chi connectivity index (χ3n) is 5.00. The van der Waals surface area contributed by atoms with Crippen LogP contribution in [0, 0.1) is 5.92 Å². The highest BCUT2D eigenvalue weighted by molar-refractivity contribution is 5.95. The standard InChI is InChI=1S/C22H29FO3/c1-7-10-26-19-12-18-17(11-16(19)14(4)20(23)21(24)25)15(13(2)3)8-9-22(18,5)6/h8,11-13H,7,9-10H2,1-6H3,(H,24,25)/b20-14+. The summed E-state index contributed by atoms with van der Waals surface area (Å²) in [5.74, 6) is -1.82. The molecule has 0 fully saturated rings. The summed E-state index contributed by atoms with van der Waals surface area (Å²) < 4.78 is 20.0. The van der Waals surface area contributed by atoms with Crippen LogP contribution in [0.25, 0.3) is 11.1 Å². The molecule has 0 bridgehead atoms.